The lowest BCUT2D eigenvalue weighted by Crippen LogP contribution is -2.32. The molecule has 4 N–H and O–H groups in total. The van der Waals surface area contributed by atoms with Gasteiger partial charge in [-0.1, -0.05) is 0 Å². The molecule has 0 amide bonds. The number of rotatable bonds is 3. The zero-order chi connectivity index (χ0) is 8.27. The van der Waals surface area contributed by atoms with Gasteiger partial charge in [0.15, 0.2) is 0 Å². The van der Waals surface area contributed by atoms with Crippen LogP contribution in [0.4, 0.5) is 0 Å². The molecule has 60 valence electrons. The summed E-state index contributed by atoms with van der Waals surface area (Å²) in [5.74, 6) is -0.966. The van der Waals surface area contributed by atoms with Gasteiger partial charge >= 0.3 is 5.97 Å². The van der Waals surface area contributed by atoms with Crippen molar-refractivity contribution in [3.63, 3.8) is 0 Å². The monoisotopic (exact) mass is 154 g/mol. The molecule has 1 unspecified atom stereocenters. The Morgan fingerprint density at radius 1 is 1.82 bits per heavy atom. The van der Waals surface area contributed by atoms with Gasteiger partial charge in [0.1, 0.15) is 6.04 Å². The summed E-state index contributed by atoms with van der Waals surface area (Å²) in [7, 11) is 0. The van der Waals surface area contributed by atoms with Gasteiger partial charge in [-0.25, -0.2) is 0 Å². The van der Waals surface area contributed by atoms with Crippen molar-refractivity contribution in [2.45, 2.75) is 12.5 Å². The number of aromatic amines is 1. The van der Waals surface area contributed by atoms with Crippen molar-refractivity contribution < 1.29 is 9.90 Å². The normalized spacial score (nSPS) is 12.8. The Hall–Kier alpha value is -1.29. The molecule has 0 radical (unpaired) electrons. The number of nitrogens with one attached hydrogen (secondary N) is 1. The molecule has 0 saturated heterocycles. The molecular weight excluding hydrogens is 144 g/mol. The predicted octanol–water partition coefficient (Wildman–Crippen LogP) is -0.0309. The number of carboxylic acids is 1. The van der Waals surface area contributed by atoms with E-state index in [9.17, 15) is 4.79 Å². The van der Waals surface area contributed by atoms with E-state index in [1.807, 2.05) is 6.07 Å². The van der Waals surface area contributed by atoms with E-state index < -0.39 is 12.0 Å². The van der Waals surface area contributed by atoms with Crippen molar-refractivity contribution in [1.29, 1.82) is 0 Å². The molecule has 0 bridgehead atoms. The van der Waals surface area contributed by atoms with Crippen LogP contribution >= 0.6 is 0 Å². The van der Waals surface area contributed by atoms with Gasteiger partial charge in [0.05, 0.1) is 0 Å². The van der Waals surface area contributed by atoms with Crippen molar-refractivity contribution in [1.82, 2.24) is 4.98 Å². The first-order valence-corrected chi connectivity index (χ1v) is 3.30. The fraction of sp³-hybridized carbons (Fsp3) is 0.286. The molecule has 0 aliphatic carbocycles. The summed E-state index contributed by atoms with van der Waals surface area (Å²) in [6.45, 7) is 0. The minimum atomic E-state index is -0.966. The number of carbonyl (C=O) groups is 1. The maximum atomic E-state index is 10.3. The molecule has 4 heteroatoms. The number of aliphatic carboxylic acids is 1. The van der Waals surface area contributed by atoms with E-state index in [2.05, 4.69) is 4.98 Å². The fourth-order valence-electron chi connectivity index (χ4n) is 0.827. The molecule has 0 fully saturated rings. The van der Waals surface area contributed by atoms with Crippen LogP contribution in [0.15, 0.2) is 18.5 Å². The average Bonchev–Trinajstić information content (AvgIpc) is 2.39. The Morgan fingerprint density at radius 2 is 2.55 bits per heavy atom. The van der Waals surface area contributed by atoms with E-state index >= 15 is 0 Å². The number of H-pyrrole nitrogens is 1. The predicted molar refractivity (Wildman–Crippen MR) is 40.1 cm³/mol. The highest BCUT2D eigenvalue weighted by Crippen LogP contribution is 1.99. The zero-order valence-corrected chi connectivity index (χ0v) is 5.95. The molecule has 0 aliphatic rings. The van der Waals surface area contributed by atoms with Crippen molar-refractivity contribution in [2.75, 3.05) is 0 Å². The van der Waals surface area contributed by atoms with Gasteiger partial charge in [0, 0.05) is 12.4 Å². The molecular formula is C7H10N2O2. The van der Waals surface area contributed by atoms with Crippen LogP contribution in [0.3, 0.4) is 0 Å². The van der Waals surface area contributed by atoms with Crippen LogP contribution in [0, 0.1) is 0 Å². The van der Waals surface area contributed by atoms with E-state index in [0.717, 1.165) is 5.56 Å². The third kappa shape index (κ3) is 2.09. The Balaban J connectivity index is 2.50. The van der Waals surface area contributed by atoms with Gasteiger partial charge in [-0.05, 0) is 18.1 Å². The minimum Gasteiger partial charge on any atom is -0.480 e. The first kappa shape index (κ1) is 7.81. The summed E-state index contributed by atoms with van der Waals surface area (Å²) < 4.78 is 0. The maximum absolute atomic E-state index is 10.3. The van der Waals surface area contributed by atoms with Crippen molar-refractivity contribution in [2.24, 2.45) is 5.73 Å². The van der Waals surface area contributed by atoms with Gasteiger partial charge < -0.3 is 15.8 Å². The van der Waals surface area contributed by atoms with Crippen LogP contribution < -0.4 is 5.73 Å². The van der Waals surface area contributed by atoms with E-state index in [-0.39, 0.29) is 0 Å². The highest BCUT2D eigenvalue weighted by Gasteiger charge is 2.11. The molecule has 11 heavy (non-hydrogen) atoms. The summed E-state index contributed by atoms with van der Waals surface area (Å²) in [4.78, 5) is 13.1. The molecule has 1 aromatic heterocycles. The first-order chi connectivity index (χ1) is 5.20. The highest BCUT2D eigenvalue weighted by molar-refractivity contribution is 5.73. The topological polar surface area (TPSA) is 79.1 Å². The number of carboxylic acid groups (broad SMARTS) is 1. The van der Waals surface area contributed by atoms with E-state index in [1.165, 1.54) is 0 Å². The smallest absolute Gasteiger partial charge is 0.320 e. The molecule has 1 heterocycles. The number of hydrogen-bond donors (Lipinski definition) is 3. The number of nitrogens with two attached hydrogens (primary N) is 1. The van der Waals surface area contributed by atoms with Crippen LogP contribution in [0.2, 0.25) is 0 Å². The summed E-state index contributed by atoms with van der Waals surface area (Å²) in [5, 5.41) is 8.45. The average molecular weight is 154 g/mol. The third-order valence-corrected chi connectivity index (χ3v) is 1.44. The highest BCUT2D eigenvalue weighted by atomic mass is 16.4. The Bertz CT molecular complexity index is 231. The molecule has 1 atom stereocenters. The molecule has 0 saturated carbocycles. The van der Waals surface area contributed by atoms with Crippen LogP contribution in [0.25, 0.3) is 0 Å². The SMILES string of the molecule is NC(Cc1cc[nH]c1)C(=O)O. The van der Waals surface area contributed by atoms with Crippen LogP contribution in [-0.2, 0) is 11.2 Å². The molecule has 1 rings (SSSR count). The van der Waals surface area contributed by atoms with Gasteiger partial charge in [-0.3, -0.25) is 4.79 Å². The maximum Gasteiger partial charge on any atom is 0.320 e. The van der Waals surface area contributed by atoms with E-state index in [4.69, 9.17) is 10.8 Å². The lowest BCUT2D eigenvalue weighted by Gasteiger charge is -2.02. The molecule has 0 aromatic carbocycles. The van der Waals surface area contributed by atoms with Crippen molar-refractivity contribution in [3.8, 4) is 0 Å². The Kier molecular flexibility index (Phi) is 2.28. The minimum absolute atomic E-state index is 0.374. The number of aromatic nitrogens is 1. The second kappa shape index (κ2) is 3.21. The summed E-state index contributed by atoms with van der Waals surface area (Å²) >= 11 is 0. The second-order valence-corrected chi connectivity index (χ2v) is 2.37. The molecule has 4 nitrogen and oxygen atoms in total. The van der Waals surface area contributed by atoms with Gasteiger partial charge in [-0.15, -0.1) is 0 Å². The molecule has 0 aliphatic heterocycles. The van der Waals surface area contributed by atoms with Crippen LogP contribution in [0.1, 0.15) is 5.56 Å². The van der Waals surface area contributed by atoms with Crippen molar-refractivity contribution in [3.05, 3.63) is 24.0 Å². The molecule has 1 aromatic rings. The zero-order valence-electron chi connectivity index (χ0n) is 5.95. The van der Waals surface area contributed by atoms with Gasteiger partial charge in [0.2, 0.25) is 0 Å². The van der Waals surface area contributed by atoms with Gasteiger partial charge in [0.25, 0.3) is 0 Å². The van der Waals surface area contributed by atoms with Crippen LogP contribution in [0.5, 0.6) is 0 Å². The molecule has 0 spiro atoms. The van der Waals surface area contributed by atoms with Crippen molar-refractivity contribution >= 4 is 5.97 Å². The largest absolute Gasteiger partial charge is 0.480 e. The standard InChI is InChI=1S/C7H10N2O2/c8-6(7(10)11)3-5-1-2-9-4-5/h1-2,4,6,9H,3,8H2,(H,10,11). The quantitative estimate of drug-likeness (QED) is 0.572. The van der Waals surface area contributed by atoms with Gasteiger partial charge in [-0.2, -0.15) is 0 Å². The summed E-state index contributed by atoms with van der Waals surface area (Å²) in [6, 6.07) is 1.01. The fourth-order valence-corrected chi connectivity index (χ4v) is 0.827. The second-order valence-electron chi connectivity index (χ2n) is 2.37. The van der Waals surface area contributed by atoms with E-state index in [0.29, 0.717) is 6.42 Å². The Labute approximate surface area is 64.0 Å². The third-order valence-electron chi connectivity index (χ3n) is 1.44. The number of hydrogen-bond acceptors (Lipinski definition) is 2. The first-order valence-electron chi connectivity index (χ1n) is 3.30. The van der Waals surface area contributed by atoms with E-state index in [1.54, 1.807) is 12.4 Å². The Morgan fingerprint density at radius 3 is 3.00 bits per heavy atom. The lowest BCUT2D eigenvalue weighted by atomic mass is 10.1. The van der Waals surface area contributed by atoms with Crippen LogP contribution in [-0.4, -0.2) is 22.1 Å². The lowest BCUT2D eigenvalue weighted by molar-refractivity contribution is -0.138. The summed E-state index contributed by atoms with van der Waals surface area (Å²) in [6.07, 6.45) is 3.85. The summed E-state index contributed by atoms with van der Waals surface area (Å²) in [5.41, 5.74) is 6.21.